The minimum atomic E-state index is 0.360. The fourth-order valence-corrected chi connectivity index (χ4v) is 0.988. The lowest BCUT2D eigenvalue weighted by atomic mass is 10.4. The Morgan fingerprint density at radius 1 is 1.00 bits per heavy atom. The van der Waals surface area contributed by atoms with E-state index >= 15 is 0 Å². The second kappa shape index (κ2) is 4.65. The van der Waals surface area contributed by atoms with Crippen LogP contribution in [-0.4, -0.2) is 6.79 Å². The molecule has 2 aliphatic rings. The molecular formula is C10H14O2. The lowest BCUT2D eigenvalue weighted by Gasteiger charge is -1.90. The first kappa shape index (κ1) is 8.91. The lowest BCUT2D eigenvalue weighted by molar-refractivity contribution is 0.0776. The third-order valence-electron chi connectivity index (χ3n) is 1.48. The number of allylic oxidation sites excluding steroid dienone is 4. The Morgan fingerprint density at radius 3 is 2.00 bits per heavy atom. The van der Waals surface area contributed by atoms with Gasteiger partial charge in [-0.1, -0.05) is 26.0 Å². The van der Waals surface area contributed by atoms with E-state index in [-0.39, 0.29) is 0 Å². The number of hydrogen-bond acceptors (Lipinski definition) is 2. The molecule has 0 aromatic carbocycles. The van der Waals surface area contributed by atoms with Gasteiger partial charge in [0.15, 0.2) is 11.5 Å². The van der Waals surface area contributed by atoms with E-state index in [1.54, 1.807) is 0 Å². The molecule has 2 rings (SSSR count). The molecule has 0 atom stereocenters. The molecule has 1 aliphatic heterocycles. The summed E-state index contributed by atoms with van der Waals surface area (Å²) < 4.78 is 10.3. The predicted octanol–water partition coefficient (Wildman–Crippen LogP) is 2.74. The molecular weight excluding hydrogens is 152 g/mol. The van der Waals surface area contributed by atoms with Gasteiger partial charge in [0, 0.05) is 0 Å². The molecule has 0 fully saturated rings. The summed E-state index contributed by atoms with van der Waals surface area (Å²) in [6.45, 7) is 4.36. The maximum atomic E-state index is 5.16. The van der Waals surface area contributed by atoms with Crippen molar-refractivity contribution >= 4 is 0 Å². The van der Waals surface area contributed by atoms with E-state index in [2.05, 4.69) is 0 Å². The number of rotatable bonds is 0. The Balaban J connectivity index is 0.000000336. The minimum absolute atomic E-state index is 0.360. The second-order valence-electron chi connectivity index (χ2n) is 2.18. The standard InChI is InChI=1S/C8H8O2.C2H6/c1-2-4-7-8(5-3-1)10-6-9-7;1-2/h2-5H,1,6H2;1-2H3. The van der Waals surface area contributed by atoms with Crippen molar-refractivity contribution in [3.8, 4) is 0 Å². The van der Waals surface area contributed by atoms with Crippen LogP contribution >= 0.6 is 0 Å². The van der Waals surface area contributed by atoms with Crippen LogP contribution in [0.25, 0.3) is 0 Å². The molecule has 12 heavy (non-hydrogen) atoms. The summed E-state index contributed by atoms with van der Waals surface area (Å²) in [6.07, 6.45) is 8.95. The highest BCUT2D eigenvalue weighted by Crippen LogP contribution is 2.20. The zero-order chi connectivity index (χ0) is 8.81. The molecule has 0 N–H and O–H groups in total. The summed E-state index contributed by atoms with van der Waals surface area (Å²) in [4.78, 5) is 0. The maximum absolute atomic E-state index is 5.16. The van der Waals surface area contributed by atoms with Crippen molar-refractivity contribution < 1.29 is 9.47 Å². The van der Waals surface area contributed by atoms with E-state index in [0.29, 0.717) is 6.79 Å². The molecule has 0 spiro atoms. The van der Waals surface area contributed by atoms with Crippen LogP contribution in [0.4, 0.5) is 0 Å². The molecule has 0 bridgehead atoms. The molecule has 0 aromatic heterocycles. The zero-order valence-electron chi connectivity index (χ0n) is 7.54. The van der Waals surface area contributed by atoms with Crippen LogP contribution in [0, 0.1) is 0 Å². The average Bonchev–Trinajstić information content (AvgIpc) is 2.46. The molecule has 1 heterocycles. The van der Waals surface area contributed by atoms with Gasteiger partial charge < -0.3 is 9.47 Å². The summed E-state index contributed by atoms with van der Waals surface area (Å²) in [5.74, 6) is 1.71. The largest absolute Gasteiger partial charge is 0.454 e. The first-order chi connectivity index (χ1) is 5.97. The smallest absolute Gasteiger partial charge is 0.231 e. The van der Waals surface area contributed by atoms with Crippen LogP contribution in [0.2, 0.25) is 0 Å². The molecule has 0 aromatic rings. The van der Waals surface area contributed by atoms with E-state index in [0.717, 1.165) is 17.9 Å². The van der Waals surface area contributed by atoms with Crippen molar-refractivity contribution in [3.63, 3.8) is 0 Å². The van der Waals surface area contributed by atoms with Gasteiger partial charge in [0.1, 0.15) is 0 Å². The normalized spacial score (nSPS) is 18.5. The van der Waals surface area contributed by atoms with E-state index in [1.165, 1.54) is 0 Å². The fourth-order valence-electron chi connectivity index (χ4n) is 0.988. The molecule has 0 saturated heterocycles. The quantitative estimate of drug-likeness (QED) is 0.551. The molecule has 0 saturated carbocycles. The Kier molecular flexibility index (Phi) is 3.45. The second-order valence-corrected chi connectivity index (χ2v) is 2.18. The molecule has 1 aliphatic carbocycles. The highest BCUT2D eigenvalue weighted by molar-refractivity contribution is 5.29. The third-order valence-corrected chi connectivity index (χ3v) is 1.48. The Hall–Kier alpha value is -1.18. The van der Waals surface area contributed by atoms with Crippen LogP contribution in [0.5, 0.6) is 0 Å². The first-order valence-corrected chi connectivity index (χ1v) is 4.30. The van der Waals surface area contributed by atoms with E-state index in [1.807, 2.05) is 38.2 Å². The first-order valence-electron chi connectivity index (χ1n) is 4.30. The lowest BCUT2D eigenvalue weighted by Crippen LogP contribution is -1.81. The van der Waals surface area contributed by atoms with Crippen LogP contribution in [0.1, 0.15) is 20.3 Å². The Labute approximate surface area is 73.2 Å². The van der Waals surface area contributed by atoms with Crippen LogP contribution < -0.4 is 0 Å². The van der Waals surface area contributed by atoms with E-state index in [9.17, 15) is 0 Å². The van der Waals surface area contributed by atoms with Crippen molar-refractivity contribution in [3.05, 3.63) is 35.8 Å². The summed E-state index contributed by atoms with van der Waals surface area (Å²) in [5.41, 5.74) is 0. The molecule has 0 amide bonds. The van der Waals surface area contributed by atoms with Crippen LogP contribution in [0.15, 0.2) is 35.8 Å². The fraction of sp³-hybridized carbons (Fsp3) is 0.400. The summed E-state index contributed by atoms with van der Waals surface area (Å²) in [7, 11) is 0. The van der Waals surface area contributed by atoms with Crippen molar-refractivity contribution in [1.82, 2.24) is 0 Å². The van der Waals surface area contributed by atoms with Gasteiger partial charge in [-0.2, -0.15) is 0 Å². The van der Waals surface area contributed by atoms with Crippen LogP contribution in [0.3, 0.4) is 0 Å². The van der Waals surface area contributed by atoms with Gasteiger partial charge in [0.25, 0.3) is 0 Å². The maximum Gasteiger partial charge on any atom is 0.231 e. The molecule has 2 nitrogen and oxygen atoms in total. The van der Waals surface area contributed by atoms with Gasteiger partial charge in [-0.15, -0.1) is 0 Å². The summed E-state index contributed by atoms with van der Waals surface area (Å²) in [5, 5.41) is 0. The minimum Gasteiger partial charge on any atom is -0.454 e. The van der Waals surface area contributed by atoms with E-state index < -0.39 is 0 Å². The Morgan fingerprint density at radius 2 is 1.50 bits per heavy atom. The molecule has 0 radical (unpaired) electrons. The molecule has 2 heteroatoms. The van der Waals surface area contributed by atoms with Gasteiger partial charge >= 0.3 is 0 Å². The molecule has 0 unspecified atom stereocenters. The van der Waals surface area contributed by atoms with Crippen molar-refractivity contribution in [2.45, 2.75) is 20.3 Å². The molecule has 66 valence electrons. The summed E-state index contributed by atoms with van der Waals surface area (Å²) in [6, 6.07) is 0. The summed E-state index contributed by atoms with van der Waals surface area (Å²) >= 11 is 0. The highest BCUT2D eigenvalue weighted by Gasteiger charge is 2.12. The monoisotopic (exact) mass is 166 g/mol. The van der Waals surface area contributed by atoms with Crippen molar-refractivity contribution in [1.29, 1.82) is 0 Å². The predicted molar refractivity (Wildman–Crippen MR) is 48.3 cm³/mol. The topological polar surface area (TPSA) is 18.5 Å². The average molecular weight is 166 g/mol. The van der Waals surface area contributed by atoms with Crippen molar-refractivity contribution in [2.75, 3.05) is 6.79 Å². The van der Waals surface area contributed by atoms with Gasteiger partial charge in [0.2, 0.25) is 6.79 Å². The van der Waals surface area contributed by atoms with Crippen molar-refractivity contribution in [2.24, 2.45) is 0 Å². The SMILES string of the molecule is C1=CC2=C(C=CC1)OCO2.CC. The zero-order valence-corrected chi connectivity index (χ0v) is 7.54. The number of hydrogen-bond donors (Lipinski definition) is 0. The van der Waals surface area contributed by atoms with Gasteiger partial charge in [0.05, 0.1) is 0 Å². The number of ether oxygens (including phenoxy) is 2. The van der Waals surface area contributed by atoms with Gasteiger partial charge in [-0.3, -0.25) is 0 Å². The van der Waals surface area contributed by atoms with Gasteiger partial charge in [-0.05, 0) is 18.6 Å². The van der Waals surface area contributed by atoms with E-state index in [4.69, 9.17) is 9.47 Å². The highest BCUT2D eigenvalue weighted by atomic mass is 16.7. The van der Waals surface area contributed by atoms with Gasteiger partial charge in [-0.25, -0.2) is 0 Å². The third kappa shape index (κ3) is 1.91. The van der Waals surface area contributed by atoms with Crippen LogP contribution in [-0.2, 0) is 9.47 Å². The Bertz CT molecular complexity index is 202.